The second-order valence-corrected chi connectivity index (χ2v) is 4.48. The second kappa shape index (κ2) is 3.83. The number of ether oxygens (including phenoxy) is 1. The van der Waals surface area contributed by atoms with Gasteiger partial charge in [0.1, 0.15) is 5.75 Å². The third-order valence-electron chi connectivity index (χ3n) is 2.23. The van der Waals surface area contributed by atoms with Crippen LogP contribution in [0.2, 0.25) is 0 Å². The first-order valence-corrected chi connectivity index (χ1v) is 5.89. The molecule has 2 aromatic rings. The summed E-state index contributed by atoms with van der Waals surface area (Å²) >= 11 is 6.12. The first kappa shape index (κ1) is 9.87. The minimum Gasteiger partial charge on any atom is -0.492 e. The van der Waals surface area contributed by atoms with Gasteiger partial charge in [-0.15, -0.1) is 24.0 Å². The minimum absolute atomic E-state index is 0.716. The van der Waals surface area contributed by atoms with Crippen molar-refractivity contribution in [1.82, 2.24) is 0 Å². The SMILES string of the molecule is CCOc1csc2c(C)c(S)ccc12. The number of aryl methyl sites for hydroxylation is 1. The molecule has 0 unspecified atom stereocenters. The number of thiophene rings is 1. The largest absolute Gasteiger partial charge is 0.492 e. The normalized spacial score (nSPS) is 10.8. The highest BCUT2D eigenvalue weighted by Gasteiger charge is 2.07. The predicted molar refractivity (Wildman–Crippen MR) is 65.0 cm³/mol. The molecule has 0 atom stereocenters. The molecule has 3 heteroatoms. The van der Waals surface area contributed by atoms with E-state index in [9.17, 15) is 0 Å². The van der Waals surface area contributed by atoms with Crippen molar-refractivity contribution in [3.63, 3.8) is 0 Å². The summed E-state index contributed by atoms with van der Waals surface area (Å²) in [5.74, 6) is 0.990. The molecule has 0 saturated heterocycles. The van der Waals surface area contributed by atoms with Crippen LogP contribution >= 0.6 is 24.0 Å². The molecule has 2 rings (SSSR count). The highest BCUT2D eigenvalue weighted by atomic mass is 32.1. The minimum atomic E-state index is 0.716. The lowest BCUT2D eigenvalue weighted by Gasteiger charge is -2.02. The van der Waals surface area contributed by atoms with E-state index >= 15 is 0 Å². The summed E-state index contributed by atoms with van der Waals surface area (Å²) in [5.41, 5.74) is 1.24. The lowest BCUT2D eigenvalue weighted by Crippen LogP contribution is -1.89. The third kappa shape index (κ3) is 1.51. The van der Waals surface area contributed by atoms with Crippen molar-refractivity contribution in [1.29, 1.82) is 0 Å². The van der Waals surface area contributed by atoms with E-state index in [1.807, 2.05) is 13.0 Å². The van der Waals surface area contributed by atoms with E-state index in [1.165, 1.54) is 15.6 Å². The maximum Gasteiger partial charge on any atom is 0.137 e. The smallest absolute Gasteiger partial charge is 0.137 e. The molecule has 0 aliphatic heterocycles. The van der Waals surface area contributed by atoms with Crippen LogP contribution in [0, 0.1) is 6.92 Å². The van der Waals surface area contributed by atoms with Gasteiger partial charge in [-0.1, -0.05) is 0 Å². The van der Waals surface area contributed by atoms with E-state index in [1.54, 1.807) is 11.3 Å². The number of hydrogen-bond acceptors (Lipinski definition) is 3. The average Bonchev–Trinajstić information content (AvgIpc) is 2.57. The first-order valence-electron chi connectivity index (χ1n) is 4.56. The van der Waals surface area contributed by atoms with Crippen molar-refractivity contribution in [2.24, 2.45) is 0 Å². The fourth-order valence-corrected chi connectivity index (χ4v) is 2.73. The summed E-state index contributed by atoms with van der Waals surface area (Å²) in [5, 5.41) is 3.26. The summed E-state index contributed by atoms with van der Waals surface area (Å²) < 4.78 is 6.82. The van der Waals surface area contributed by atoms with Crippen LogP contribution in [-0.4, -0.2) is 6.61 Å². The van der Waals surface area contributed by atoms with Gasteiger partial charge in [-0.3, -0.25) is 0 Å². The van der Waals surface area contributed by atoms with Gasteiger partial charge in [0.2, 0.25) is 0 Å². The van der Waals surface area contributed by atoms with Crippen molar-refractivity contribution >= 4 is 34.1 Å². The lowest BCUT2D eigenvalue weighted by molar-refractivity contribution is 0.345. The quantitative estimate of drug-likeness (QED) is 0.761. The molecule has 0 aliphatic rings. The molecule has 1 aromatic heterocycles. The summed E-state index contributed by atoms with van der Waals surface area (Å²) in [6, 6.07) is 4.10. The highest BCUT2D eigenvalue weighted by molar-refractivity contribution is 7.80. The molecule has 0 fully saturated rings. The van der Waals surface area contributed by atoms with Crippen LogP contribution in [0.5, 0.6) is 5.75 Å². The monoisotopic (exact) mass is 224 g/mol. The van der Waals surface area contributed by atoms with E-state index in [0.717, 1.165) is 10.6 Å². The molecule has 0 bridgehead atoms. The van der Waals surface area contributed by atoms with Gasteiger partial charge >= 0.3 is 0 Å². The van der Waals surface area contributed by atoms with Crippen LogP contribution in [0.3, 0.4) is 0 Å². The van der Waals surface area contributed by atoms with Crippen LogP contribution in [0.1, 0.15) is 12.5 Å². The maximum atomic E-state index is 5.54. The fourth-order valence-electron chi connectivity index (χ4n) is 1.47. The Kier molecular flexibility index (Phi) is 2.70. The Labute approximate surface area is 93.1 Å². The van der Waals surface area contributed by atoms with Gasteiger partial charge in [0, 0.05) is 20.4 Å². The zero-order valence-electron chi connectivity index (χ0n) is 8.20. The summed E-state index contributed by atoms with van der Waals surface area (Å²) in [4.78, 5) is 1.04. The molecular weight excluding hydrogens is 212 g/mol. The van der Waals surface area contributed by atoms with Gasteiger partial charge in [-0.25, -0.2) is 0 Å². The van der Waals surface area contributed by atoms with Crippen LogP contribution in [0.25, 0.3) is 10.1 Å². The molecule has 1 aromatic carbocycles. The molecule has 1 heterocycles. The van der Waals surface area contributed by atoms with Crippen molar-refractivity contribution in [2.75, 3.05) is 6.61 Å². The van der Waals surface area contributed by atoms with Crippen LogP contribution < -0.4 is 4.74 Å². The second-order valence-electron chi connectivity index (χ2n) is 3.12. The van der Waals surface area contributed by atoms with E-state index in [4.69, 9.17) is 4.74 Å². The average molecular weight is 224 g/mol. The van der Waals surface area contributed by atoms with Gasteiger partial charge in [-0.05, 0) is 31.5 Å². The van der Waals surface area contributed by atoms with Crippen LogP contribution in [-0.2, 0) is 0 Å². The zero-order valence-corrected chi connectivity index (χ0v) is 9.91. The van der Waals surface area contributed by atoms with Crippen molar-refractivity contribution < 1.29 is 4.74 Å². The Balaban J connectivity index is 2.64. The van der Waals surface area contributed by atoms with Crippen LogP contribution in [0.4, 0.5) is 0 Å². The van der Waals surface area contributed by atoms with E-state index in [0.29, 0.717) is 6.61 Å². The molecule has 0 saturated carbocycles. The molecule has 0 aliphatic carbocycles. The number of benzene rings is 1. The molecular formula is C11H12OS2. The third-order valence-corrected chi connectivity index (χ3v) is 3.80. The lowest BCUT2D eigenvalue weighted by atomic mass is 10.2. The van der Waals surface area contributed by atoms with Gasteiger partial charge in [0.15, 0.2) is 0 Å². The van der Waals surface area contributed by atoms with E-state index in [2.05, 4.69) is 31.0 Å². The van der Waals surface area contributed by atoms with Crippen molar-refractivity contribution in [2.45, 2.75) is 18.7 Å². The summed E-state index contributed by atoms with van der Waals surface area (Å²) in [6.07, 6.45) is 0. The molecule has 0 radical (unpaired) electrons. The fraction of sp³-hybridized carbons (Fsp3) is 0.273. The maximum absolute atomic E-state index is 5.54. The predicted octanol–water partition coefficient (Wildman–Crippen LogP) is 3.90. The number of hydrogen-bond donors (Lipinski definition) is 1. The summed E-state index contributed by atoms with van der Waals surface area (Å²) in [7, 11) is 0. The number of rotatable bonds is 2. The van der Waals surface area contributed by atoms with Crippen molar-refractivity contribution in [3.05, 3.63) is 23.1 Å². The zero-order chi connectivity index (χ0) is 10.1. The molecule has 1 nitrogen and oxygen atoms in total. The Morgan fingerprint density at radius 1 is 1.43 bits per heavy atom. The Morgan fingerprint density at radius 3 is 2.93 bits per heavy atom. The topological polar surface area (TPSA) is 9.23 Å². The number of thiol groups is 1. The molecule has 14 heavy (non-hydrogen) atoms. The van der Waals surface area contributed by atoms with E-state index in [-0.39, 0.29) is 0 Å². The Bertz CT molecular complexity index is 460. The molecule has 74 valence electrons. The van der Waals surface area contributed by atoms with E-state index < -0.39 is 0 Å². The molecule has 0 amide bonds. The summed E-state index contributed by atoms with van der Waals surface area (Å²) in [6.45, 7) is 4.81. The first-order chi connectivity index (χ1) is 6.74. The van der Waals surface area contributed by atoms with Crippen molar-refractivity contribution in [3.8, 4) is 5.75 Å². The standard InChI is InChI=1S/C11H12OS2/c1-3-12-9-6-14-11-7(2)10(13)5-4-8(9)11/h4-6,13H,3H2,1-2H3. The molecule has 0 N–H and O–H groups in total. The van der Waals surface area contributed by atoms with Crippen LogP contribution in [0.15, 0.2) is 22.4 Å². The molecule has 0 spiro atoms. The van der Waals surface area contributed by atoms with Gasteiger partial charge in [-0.2, -0.15) is 0 Å². The Hall–Kier alpha value is -0.670. The highest BCUT2D eigenvalue weighted by Crippen LogP contribution is 2.36. The number of fused-ring (bicyclic) bond motifs is 1. The Morgan fingerprint density at radius 2 is 2.21 bits per heavy atom. The van der Waals surface area contributed by atoms with Gasteiger partial charge in [0.25, 0.3) is 0 Å². The van der Waals surface area contributed by atoms with Gasteiger partial charge in [0.05, 0.1) is 6.61 Å². The van der Waals surface area contributed by atoms with Gasteiger partial charge < -0.3 is 4.74 Å².